The lowest BCUT2D eigenvalue weighted by Gasteiger charge is -2.20. The first kappa shape index (κ1) is 17.2. The van der Waals surface area contributed by atoms with Crippen molar-refractivity contribution in [3.63, 3.8) is 0 Å². The number of carbonyl (C=O) groups is 2. The second kappa shape index (κ2) is 11.3. The van der Waals surface area contributed by atoms with Gasteiger partial charge in [-0.05, 0) is 25.7 Å². The summed E-state index contributed by atoms with van der Waals surface area (Å²) in [6.45, 7) is 10.2. The van der Waals surface area contributed by atoms with Gasteiger partial charge in [0.15, 0.2) is 0 Å². The Morgan fingerprint density at radius 3 is 2.05 bits per heavy atom. The fourth-order valence-corrected chi connectivity index (χ4v) is 1.60. The Morgan fingerprint density at radius 1 is 1.00 bits per heavy atom. The van der Waals surface area contributed by atoms with Crippen molar-refractivity contribution in [1.82, 2.24) is 0 Å². The van der Waals surface area contributed by atoms with E-state index in [0.717, 1.165) is 18.9 Å². The molecule has 0 atom stereocenters. The van der Waals surface area contributed by atoms with Gasteiger partial charge in [0.05, 0.1) is 0 Å². The summed E-state index contributed by atoms with van der Waals surface area (Å²) in [6, 6.07) is 0. The van der Waals surface area contributed by atoms with Crippen molar-refractivity contribution in [1.29, 1.82) is 0 Å². The van der Waals surface area contributed by atoms with E-state index < -0.39 is 5.97 Å². The van der Waals surface area contributed by atoms with Gasteiger partial charge in [-0.25, -0.2) is 9.59 Å². The highest BCUT2D eigenvalue weighted by Gasteiger charge is 2.15. The van der Waals surface area contributed by atoms with Crippen molar-refractivity contribution >= 4 is 11.9 Å². The number of carbonyl (C=O) groups excluding carboxylic acids is 2. The van der Waals surface area contributed by atoms with Crippen LogP contribution in [0.5, 0.6) is 0 Å². The molecule has 4 heteroatoms. The molecule has 0 unspecified atom stereocenters. The first-order chi connectivity index (χ1) is 9.13. The molecule has 0 N–H and O–H groups in total. The zero-order valence-electron chi connectivity index (χ0n) is 11.3. The second-order valence-electron chi connectivity index (χ2n) is 4.02. The van der Waals surface area contributed by atoms with Gasteiger partial charge >= 0.3 is 11.9 Å². The largest absolute Gasteiger partial charge is 0.459 e. The van der Waals surface area contributed by atoms with Crippen LogP contribution < -0.4 is 0 Å². The van der Waals surface area contributed by atoms with E-state index >= 15 is 0 Å². The van der Waals surface area contributed by atoms with E-state index in [1.165, 1.54) is 31.4 Å². The number of hydrogen-bond donors (Lipinski definition) is 0. The van der Waals surface area contributed by atoms with Gasteiger partial charge in [-0.15, -0.1) is 0 Å². The molecule has 1 aliphatic rings. The minimum absolute atomic E-state index is 0.161. The van der Waals surface area contributed by atoms with Crippen LogP contribution in [0.15, 0.2) is 38.0 Å². The van der Waals surface area contributed by atoms with Gasteiger partial charge in [0, 0.05) is 12.2 Å². The highest BCUT2D eigenvalue weighted by molar-refractivity contribution is 5.81. The third-order valence-electron chi connectivity index (χ3n) is 2.51. The lowest BCUT2D eigenvalue weighted by Crippen LogP contribution is -2.19. The van der Waals surface area contributed by atoms with Gasteiger partial charge in [0.25, 0.3) is 0 Å². The lowest BCUT2D eigenvalue weighted by atomic mass is 9.98. The Balaban J connectivity index is 0.000000362. The molecule has 0 aromatic carbocycles. The van der Waals surface area contributed by atoms with Crippen LogP contribution in [0, 0.1) is 0 Å². The number of esters is 2. The van der Waals surface area contributed by atoms with Crippen LogP contribution in [0.4, 0.5) is 0 Å². The fraction of sp³-hybridized carbons (Fsp3) is 0.467. The van der Waals surface area contributed by atoms with Crippen molar-refractivity contribution in [2.75, 3.05) is 6.61 Å². The molecule has 0 spiro atoms. The highest BCUT2D eigenvalue weighted by Crippen LogP contribution is 2.20. The van der Waals surface area contributed by atoms with Crippen LogP contribution in [0.3, 0.4) is 0 Å². The molecule has 0 aromatic rings. The molecule has 1 saturated carbocycles. The summed E-state index contributed by atoms with van der Waals surface area (Å²) >= 11 is 0. The Morgan fingerprint density at radius 2 is 1.58 bits per heavy atom. The van der Waals surface area contributed by atoms with Crippen molar-refractivity contribution in [2.24, 2.45) is 0 Å². The van der Waals surface area contributed by atoms with Crippen LogP contribution >= 0.6 is 0 Å². The first-order valence-corrected chi connectivity index (χ1v) is 6.37. The number of ether oxygens (including phenoxy) is 2. The molecule has 1 fully saturated rings. The first-order valence-electron chi connectivity index (χ1n) is 6.37. The molecule has 0 heterocycles. The normalized spacial score (nSPS) is 14.3. The van der Waals surface area contributed by atoms with Crippen LogP contribution in [-0.2, 0) is 19.1 Å². The SMILES string of the molecule is C=CC(=O)OC1CCCCC1.C=CCOC(=O)C=C. The quantitative estimate of drug-likeness (QED) is 0.436. The molecule has 0 radical (unpaired) electrons. The monoisotopic (exact) mass is 266 g/mol. The van der Waals surface area contributed by atoms with Gasteiger partial charge in [-0.1, -0.05) is 32.2 Å². The molecule has 106 valence electrons. The molecule has 0 amide bonds. The van der Waals surface area contributed by atoms with Crippen LogP contribution in [0.1, 0.15) is 32.1 Å². The van der Waals surface area contributed by atoms with Crippen molar-refractivity contribution in [2.45, 2.75) is 38.2 Å². The smallest absolute Gasteiger partial charge is 0.330 e. The molecule has 19 heavy (non-hydrogen) atoms. The Labute approximate surface area is 114 Å². The summed E-state index contributed by atoms with van der Waals surface area (Å²) in [5.41, 5.74) is 0. The second-order valence-corrected chi connectivity index (χ2v) is 4.02. The molecular formula is C15H22O4. The van der Waals surface area contributed by atoms with Crippen LogP contribution in [0.2, 0.25) is 0 Å². The van der Waals surface area contributed by atoms with Crippen molar-refractivity contribution in [3.05, 3.63) is 38.0 Å². The van der Waals surface area contributed by atoms with E-state index in [1.807, 2.05) is 0 Å². The summed E-state index contributed by atoms with van der Waals surface area (Å²) in [7, 11) is 0. The predicted molar refractivity (Wildman–Crippen MR) is 74.5 cm³/mol. The van der Waals surface area contributed by atoms with E-state index in [1.54, 1.807) is 0 Å². The minimum atomic E-state index is -0.412. The molecule has 4 nitrogen and oxygen atoms in total. The van der Waals surface area contributed by atoms with E-state index in [0.29, 0.717) is 0 Å². The van der Waals surface area contributed by atoms with Crippen LogP contribution in [-0.4, -0.2) is 24.6 Å². The lowest BCUT2D eigenvalue weighted by molar-refractivity contribution is -0.144. The predicted octanol–water partition coefficient (Wildman–Crippen LogP) is 2.95. The third-order valence-corrected chi connectivity index (χ3v) is 2.51. The van der Waals surface area contributed by atoms with Gasteiger partial charge in [0.2, 0.25) is 0 Å². The van der Waals surface area contributed by atoms with E-state index in [9.17, 15) is 9.59 Å². The van der Waals surface area contributed by atoms with Crippen LogP contribution in [0.25, 0.3) is 0 Å². The molecular weight excluding hydrogens is 244 g/mol. The molecule has 0 aromatic heterocycles. The van der Waals surface area contributed by atoms with Gasteiger partial charge < -0.3 is 9.47 Å². The summed E-state index contributed by atoms with van der Waals surface area (Å²) in [5, 5.41) is 0. The third kappa shape index (κ3) is 9.83. The molecule has 1 aliphatic carbocycles. The highest BCUT2D eigenvalue weighted by atomic mass is 16.5. The molecule has 0 saturated heterocycles. The maximum absolute atomic E-state index is 10.7. The maximum atomic E-state index is 10.7. The van der Waals surface area contributed by atoms with E-state index in [4.69, 9.17) is 4.74 Å². The fourth-order valence-electron chi connectivity index (χ4n) is 1.60. The molecule has 0 bridgehead atoms. The van der Waals surface area contributed by atoms with E-state index in [-0.39, 0.29) is 18.7 Å². The zero-order valence-corrected chi connectivity index (χ0v) is 11.3. The zero-order chi connectivity index (χ0) is 14.5. The van der Waals surface area contributed by atoms with E-state index in [2.05, 4.69) is 24.5 Å². The van der Waals surface area contributed by atoms with Crippen molar-refractivity contribution in [3.8, 4) is 0 Å². The topological polar surface area (TPSA) is 52.6 Å². The number of hydrogen-bond acceptors (Lipinski definition) is 4. The average molecular weight is 266 g/mol. The van der Waals surface area contributed by atoms with Gasteiger partial charge in [0.1, 0.15) is 12.7 Å². The summed E-state index contributed by atoms with van der Waals surface area (Å²) in [6.07, 6.45) is 9.72. The Hall–Kier alpha value is -1.84. The number of rotatable bonds is 5. The standard InChI is InChI=1S/C9H14O2.C6H8O2/c1-2-9(10)11-8-6-4-3-5-7-8;1-3-5-8-6(7)4-2/h2,8H,1,3-7H2;3-4H,1-2,5H2. The van der Waals surface area contributed by atoms with Gasteiger partial charge in [-0.2, -0.15) is 0 Å². The Bertz CT molecular complexity index is 314. The van der Waals surface area contributed by atoms with Gasteiger partial charge in [-0.3, -0.25) is 0 Å². The maximum Gasteiger partial charge on any atom is 0.330 e. The average Bonchev–Trinajstić information content (AvgIpc) is 2.46. The molecule has 0 aliphatic heterocycles. The summed E-state index contributed by atoms with van der Waals surface area (Å²) in [5.74, 6) is -0.693. The molecule has 1 rings (SSSR count). The van der Waals surface area contributed by atoms with Crippen molar-refractivity contribution < 1.29 is 19.1 Å². The Kier molecular flexibility index (Phi) is 10.2. The summed E-state index contributed by atoms with van der Waals surface area (Å²) in [4.78, 5) is 20.9. The summed E-state index contributed by atoms with van der Waals surface area (Å²) < 4.78 is 9.55. The minimum Gasteiger partial charge on any atom is -0.459 e.